The zero-order valence-corrected chi connectivity index (χ0v) is 9.39. The van der Waals surface area contributed by atoms with Gasteiger partial charge in [-0.25, -0.2) is 4.98 Å². The first kappa shape index (κ1) is 9.65. The van der Waals surface area contributed by atoms with E-state index < -0.39 is 0 Å². The summed E-state index contributed by atoms with van der Waals surface area (Å²) in [5.74, 6) is 0.655. The zero-order valence-electron chi connectivity index (χ0n) is 8.57. The third-order valence-corrected chi connectivity index (χ3v) is 3.43. The molecule has 1 N–H and O–H groups in total. The van der Waals surface area contributed by atoms with Crippen LogP contribution in [-0.2, 0) is 4.79 Å². The molecule has 0 aliphatic carbocycles. The summed E-state index contributed by atoms with van der Waals surface area (Å²) in [6.45, 7) is 6.14. The lowest BCUT2D eigenvalue weighted by Crippen LogP contribution is -2.53. The average molecular weight is 210 g/mol. The molecule has 0 aromatic carbocycles. The second-order valence-corrected chi connectivity index (χ2v) is 5.11. The number of aromatic nitrogens is 1. The van der Waals surface area contributed by atoms with Gasteiger partial charge in [0, 0.05) is 5.38 Å². The molecule has 1 saturated heterocycles. The van der Waals surface area contributed by atoms with Gasteiger partial charge in [0.15, 0.2) is 0 Å². The Hall–Kier alpha value is -0.900. The summed E-state index contributed by atoms with van der Waals surface area (Å²) in [4.78, 5) is 15.7. The molecule has 3 nitrogen and oxygen atoms in total. The van der Waals surface area contributed by atoms with Crippen LogP contribution in [0.25, 0.3) is 0 Å². The van der Waals surface area contributed by atoms with E-state index in [-0.39, 0.29) is 17.9 Å². The molecule has 0 bridgehead atoms. The second-order valence-electron chi connectivity index (χ2n) is 4.05. The van der Waals surface area contributed by atoms with Crippen molar-refractivity contribution < 1.29 is 4.79 Å². The predicted molar refractivity (Wildman–Crippen MR) is 56.1 cm³/mol. The minimum atomic E-state index is 0.108. The van der Waals surface area contributed by atoms with Crippen LogP contribution in [0.15, 0.2) is 5.38 Å². The van der Waals surface area contributed by atoms with Gasteiger partial charge in [-0.3, -0.25) is 4.79 Å². The smallest absolute Gasteiger partial charge is 0.226 e. The molecule has 0 unspecified atom stereocenters. The molecule has 1 aromatic rings. The van der Waals surface area contributed by atoms with Gasteiger partial charge in [0.05, 0.1) is 22.7 Å². The van der Waals surface area contributed by atoms with Gasteiger partial charge in [0.25, 0.3) is 0 Å². The molecule has 1 aromatic heterocycles. The fourth-order valence-corrected chi connectivity index (χ4v) is 2.51. The molecule has 4 heteroatoms. The van der Waals surface area contributed by atoms with E-state index in [1.165, 1.54) is 0 Å². The first-order chi connectivity index (χ1) is 6.59. The SMILES string of the molecule is Cc1nc([C@@H]2NC(=O)[C@H]2C(C)C)cs1. The Morgan fingerprint density at radius 1 is 1.57 bits per heavy atom. The monoisotopic (exact) mass is 210 g/mol. The molecule has 1 aliphatic heterocycles. The Kier molecular flexibility index (Phi) is 2.31. The van der Waals surface area contributed by atoms with E-state index in [4.69, 9.17) is 0 Å². The van der Waals surface area contributed by atoms with E-state index in [0.717, 1.165) is 10.7 Å². The molecule has 0 saturated carbocycles. The van der Waals surface area contributed by atoms with Crippen LogP contribution >= 0.6 is 11.3 Å². The maximum absolute atomic E-state index is 11.3. The largest absolute Gasteiger partial charge is 0.347 e. The lowest BCUT2D eigenvalue weighted by molar-refractivity contribution is -0.137. The molecule has 1 amide bonds. The molecule has 14 heavy (non-hydrogen) atoms. The number of carbonyl (C=O) groups excluding carboxylic acids is 1. The van der Waals surface area contributed by atoms with Crippen LogP contribution in [0.2, 0.25) is 0 Å². The lowest BCUT2D eigenvalue weighted by atomic mass is 9.80. The number of hydrogen-bond acceptors (Lipinski definition) is 3. The minimum Gasteiger partial charge on any atom is -0.347 e. The predicted octanol–water partition coefficient (Wildman–Crippen LogP) is 1.89. The van der Waals surface area contributed by atoms with Crippen LogP contribution in [0.1, 0.15) is 30.6 Å². The van der Waals surface area contributed by atoms with Crippen molar-refractivity contribution in [1.82, 2.24) is 10.3 Å². The number of nitrogens with zero attached hydrogens (tertiary/aromatic N) is 1. The van der Waals surface area contributed by atoms with Crippen molar-refractivity contribution in [2.24, 2.45) is 11.8 Å². The standard InChI is InChI=1S/C10H14N2OS/c1-5(2)8-9(12-10(8)13)7-4-14-6(3)11-7/h4-5,8-9H,1-3H3,(H,12,13)/t8-,9-/m0/s1. The molecule has 76 valence electrons. The Morgan fingerprint density at radius 3 is 2.71 bits per heavy atom. The Morgan fingerprint density at radius 2 is 2.29 bits per heavy atom. The maximum Gasteiger partial charge on any atom is 0.226 e. The summed E-state index contributed by atoms with van der Waals surface area (Å²) in [5, 5.41) is 6.00. The van der Waals surface area contributed by atoms with Gasteiger partial charge in [-0.05, 0) is 12.8 Å². The molecular formula is C10H14N2OS. The van der Waals surface area contributed by atoms with Crippen molar-refractivity contribution in [3.05, 3.63) is 16.1 Å². The minimum absolute atomic E-state index is 0.108. The van der Waals surface area contributed by atoms with Gasteiger partial charge in [-0.15, -0.1) is 11.3 Å². The lowest BCUT2D eigenvalue weighted by Gasteiger charge is -2.38. The summed E-state index contributed by atoms with van der Waals surface area (Å²) in [5.41, 5.74) is 1.02. The number of β-lactam (4-membered cyclic amide) rings is 1. The molecule has 2 heterocycles. The summed E-state index contributed by atoms with van der Waals surface area (Å²) in [6, 6.07) is 0.146. The highest BCUT2D eigenvalue weighted by Crippen LogP contribution is 2.35. The van der Waals surface area contributed by atoms with Crippen molar-refractivity contribution in [2.45, 2.75) is 26.8 Å². The molecule has 0 radical (unpaired) electrons. The molecular weight excluding hydrogens is 196 g/mol. The fraction of sp³-hybridized carbons (Fsp3) is 0.600. The normalized spacial score (nSPS) is 26.1. The molecule has 0 spiro atoms. The van der Waals surface area contributed by atoms with Crippen molar-refractivity contribution >= 4 is 17.2 Å². The van der Waals surface area contributed by atoms with Crippen LogP contribution in [-0.4, -0.2) is 10.9 Å². The third kappa shape index (κ3) is 1.43. The van der Waals surface area contributed by atoms with Gasteiger partial charge in [-0.1, -0.05) is 13.8 Å². The quantitative estimate of drug-likeness (QED) is 0.757. The number of carbonyl (C=O) groups is 1. The van der Waals surface area contributed by atoms with E-state index in [0.29, 0.717) is 5.92 Å². The molecule has 1 aliphatic rings. The number of hydrogen-bond donors (Lipinski definition) is 1. The van der Waals surface area contributed by atoms with Crippen LogP contribution in [0.5, 0.6) is 0 Å². The first-order valence-electron chi connectivity index (χ1n) is 4.82. The average Bonchev–Trinajstić information content (AvgIpc) is 2.45. The first-order valence-corrected chi connectivity index (χ1v) is 5.70. The van der Waals surface area contributed by atoms with E-state index in [1.54, 1.807) is 11.3 Å². The van der Waals surface area contributed by atoms with Gasteiger partial charge >= 0.3 is 0 Å². The van der Waals surface area contributed by atoms with E-state index >= 15 is 0 Å². The molecule has 2 rings (SSSR count). The summed E-state index contributed by atoms with van der Waals surface area (Å²) in [6.07, 6.45) is 0. The second kappa shape index (κ2) is 3.35. The summed E-state index contributed by atoms with van der Waals surface area (Å²) >= 11 is 1.63. The molecule has 2 atom stereocenters. The Bertz CT molecular complexity index is 359. The van der Waals surface area contributed by atoms with Crippen LogP contribution < -0.4 is 5.32 Å². The topological polar surface area (TPSA) is 42.0 Å². The number of aryl methyl sites for hydroxylation is 1. The number of thiazole rings is 1. The highest BCUT2D eigenvalue weighted by Gasteiger charge is 2.43. The summed E-state index contributed by atoms with van der Waals surface area (Å²) < 4.78 is 0. The van der Waals surface area contributed by atoms with Gasteiger partial charge < -0.3 is 5.32 Å². The van der Waals surface area contributed by atoms with Gasteiger partial charge in [0.2, 0.25) is 5.91 Å². The Labute approximate surface area is 87.6 Å². The summed E-state index contributed by atoms with van der Waals surface area (Å²) in [7, 11) is 0. The number of rotatable bonds is 2. The van der Waals surface area contributed by atoms with Crippen molar-refractivity contribution in [3.8, 4) is 0 Å². The highest BCUT2D eigenvalue weighted by molar-refractivity contribution is 7.09. The van der Waals surface area contributed by atoms with Crippen molar-refractivity contribution in [3.63, 3.8) is 0 Å². The van der Waals surface area contributed by atoms with Crippen LogP contribution in [0.3, 0.4) is 0 Å². The number of amides is 1. The van der Waals surface area contributed by atoms with Gasteiger partial charge in [0.1, 0.15) is 0 Å². The third-order valence-electron chi connectivity index (χ3n) is 2.63. The van der Waals surface area contributed by atoms with Crippen molar-refractivity contribution in [1.29, 1.82) is 0 Å². The van der Waals surface area contributed by atoms with E-state index in [9.17, 15) is 4.79 Å². The van der Waals surface area contributed by atoms with Gasteiger partial charge in [-0.2, -0.15) is 0 Å². The van der Waals surface area contributed by atoms with E-state index in [2.05, 4.69) is 24.1 Å². The highest BCUT2D eigenvalue weighted by atomic mass is 32.1. The number of nitrogens with one attached hydrogen (secondary N) is 1. The van der Waals surface area contributed by atoms with Crippen LogP contribution in [0, 0.1) is 18.8 Å². The molecule has 1 fully saturated rings. The fourth-order valence-electron chi connectivity index (χ4n) is 1.86. The van der Waals surface area contributed by atoms with Crippen molar-refractivity contribution in [2.75, 3.05) is 0 Å². The maximum atomic E-state index is 11.3. The zero-order chi connectivity index (χ0) is 10.3. The van der Waals surface area contributed by atoms with E-state index in [1.807, 2.05) is 12.3 Å². The Balaban J connectivity index is 2.17. The van der Waals surface area contributed by atoms with Crippen LogP contribution in [0.4, 0.5) is 0 Å².